The van der Waals surface area contributed by atoms with Crippen LogP contribution in [-0.2, 0) is 14.3 Å². The topological polar surface area (TPSA) is 74.8 Å². The van der Waals surface area contributed by atoms with Crippen molar-refractivity contribution in [3.63, 3.8) is 0 Å². The molecule has 8 nitrogen and oxygen atoms in total. The predicted molar refractivity (Wildman–Crippen MR) is 124 cm³/mol. The number of hydrogen-bond acceptors (Lipinski definition) is 5. The van der Waals surface area contributed by atoms with Crippen LogP contribution in [0.3, 0.4) is 0 Å². The third-order valence-electron chi connectivity index (χ3n) is 5.84. The zero-order chi connectivity index (χ0) is 22.7. The normalized spacial score (nSPS) is 12.0. The zero-order valence-corrected chi connectivity index (χ0v) is 18.5. The SMILES string of the molecule is COCC[N+](CCOC)(C(C)=O)n1c(=O)n2cc(-c3ccccc3)nc2c2ccccc21. The van der Waals surface area contributed by atoms with E-state index in [-0.39, 0.29) is 16.2 Å². The van der Waals surface area contributed by atoms with Gasteiger partial charge >= 0.3 is 11.6 Å². The summed E-state index contributed by atoms with van der Waals surface area (Å²) in [6.45, 7) is 2.71. The maximum absolute atomic E-state index is 13.9. The maximum Gasteiger partial charge on any atom is 0.379 e. The van der Waals surface area contributed by atoms with Crippen LogP contribution < -0.4 is 10.3 Å². The molecule has 2 aromatic heterocycles. The fourth-order valence-electron chi connectivity index (χ4n) is 4.14. The molecule has 0 saturated carbocycles. The monoisotopic (exact) mass is 435 g/mol. The van der Waals surface area contributed by atoms with Crippen molar-refractivity contribution in [2.24, 2.45) is 0 Å². The van der Waals surface area contributed by atoms with Gasteiger partial charge in [-0.2, -0.15) is 0 Å². The van der Waals surface area contributed by atoms with Crippen LogP contribution >= 0.6 is 0 Å². The largest absolute Gasteiger partial charge is 0.379 e. The molecule has 166 valence electrons. The van der Waals surface area contributed by atoms with Crippen LogP contribution in [0.4, 0.5) is 0 Å². The Balaban J connectivity index is 2.08. The highest BCUT2D eigenvalue weighted by atomic mass is 16.5. The first-order valence-corrected chi connectivity index (χ1v) is 10.5. The molecule has 2 heterocycles. The molecule has 0 aliphatic rings. The van der Waals surface area contributed by atoms with Gasteiger partial charge in [-0.3, -0.25) is 0 Å². The van der Waals surface area contributed by atoms with Crippen molar-refractivity contribution in [3.8, 4) is 11.3 Å². The number of fused-ring (bicyclic) bond motifs is 3. The van der Waals surface area contributed by atoms with Gasteiger partial charge in [-0.05, 0) is 12.1 Å². The molecular formula is C24H27N4O4+. The van der Waals surface area contributed by atoms with Gasteiger partial charge in [0.2, 0.25) is 0 Å². The summed E-state index contributed by atoms with van der Waals surface area (Å²) in [6, 6.07) is 17.2. The summed E-state index contributed by atoms with van der Waals surface area (Å²) >= 11 is 0. The fraction of sp³-hybridized carbons (Fsp3) is 0.292. The van der Waals surface area contributed by atoms with Gasteiger partial charge in [0.15, 0.2) is 5.65 Å². The van der Waals surface area contributed by atoms with Crippen molar-refractivity contribution in [2.75, 3.05) is 40.5 Å². The molecule has 0 spiro atoms. The minimum atomic E-state index is -0.337. The van der Waals surface area contributed by atoms with Crippen molar-refractivity contribution in [1.82, 2.24) is 18.7 Å². The van der Waals surface area contributed by atoms with Crippen LogP contribution in [0.15, 0.2) is 65.6 Å². The minimum Gasteiger partial charge on any atom is -0.379 e. The van der Waals surface area contributed by atoms with Gasteiger partial charge < -0.3 is 9.47 Å². The van der Waals surface area contributed by atoms with Crippen LogP contribution in [0, 0.1) is 0 Å². The maximum atomic E-state index is 13.9. The number of imidazole rings is 1. The summed E-state index contributed by atoms with van der Waals surface area (Å²) in [7, 11) is 3.16. The average molecular weight is 436 g/mol. The van der Waals surface area contributed by atoms with Crippen LogP contribution in [-0.4, -0.2) is 60.5 Å². The van der Waals surface area contributed by atoms with Gasteiger partial charge in [-0.15, -0.1) is 9.27 Å². The third-order valence-corrected chi connectivity index (χ3v) is 5.84. The number of ether oxygens (including phenoxy) is 2. The second-order valence-corrected chi connectivity index (χ2v) is 7.67. The number of amides is 1. The summed E-state index contributed by atoms with van der Waals surface area (Å²) in [6.07, 6.45) is 1.73. The van der Waals surface area contributed by atoms with Gasteiger partial charge in [-0.25, -0.2) is 19.0 Å². The Bertz CT molecular complexity index is 1300. The molecule has 0 fully saturated rings. The highest BCUT2D eigenvalue weighted by molar-refractivity contribution is 5.93. The van der Waals surface area contributed by atoms with Crippen molar-refractivity contribution < 1.29 is 14.3 Å². The van der Waals surface area contributed by atoms with Crippen LogP contribution in [0.5, 0.6) is 0 Å². The van der Waals surface area contributed by atoms with E-state index in [0.29, 0.717) is 43.2 Å². The molecule has 0 bridgehead atoms. The lowest BCUT2D eigenvalue weighted by atomic mass is 10.2. The highest BCUT2D eigenvalue weighted by Crippen LogP contribution is 2.24. The molecule has 0 aliphatic carbocycles. The van der Waals surface area contributed by atoms with Crippen molar-refractivity contribution >= 4 is 22.5 Å². The van der Waals surface area contributed by atoms with Crippen LogP contribution in [0.1, 0.15) is 6.92 Å². The van der Waals surface area contributed by atoms with E-state index >= 15 is 0 Å². The van der Waals surface area contributed by atoms with Crippen LogP contribution in [0.2, 0.25) is 0 Å². The molecule has 8 heteroatoms. The minimum absolute atomic E-state index is 0.172. The molecule has 0 radical (unpaired) electrons. The second kappa shape index (κ2) is 9.04. The summed E-state index contributed by atoms with van der Waals surface area (Å²) in [4.78, 5) is 31.8. The number of quaternary nitrogens is 1. The van der Waals surface area contributed by atoms with Crippen LogP contribution in [0.25, 0.3) is 27.8 Å². The Morgan fingerprint density at radius 1 is 0.969 bits per heavy atom. The second-order valence-electron chi connectivity index (χ2n) is 7.67. The Morgan fingerprint density at radius 3 is 2.22 bits per heavy atom. The molecule has 32 heavy (non-hydrogen) atoms. The molecule has 4 aromatic rings. The predicted octanol–water partition coefficient (Wildman–Crippen LogP) is 2.59. The number of nitrogens with zero attached hydrogens (tertiary/aromatic N) is 4. The van der Waals surface area contributed by atoms with Gasteiger partial charge in [0, 0.05) is 31.4 Å². The summed E-state index contributed by atoms with van der Waals surface area (Å²) < 4.78 is 13.5. The van der Waals surface area contributed by atoms with E-state index in [2.05, 4.69) is 0 Å². The lowest BCUT2D eigenvalue weighted by molar-refractivity contribution is -0.137. The van der Waals surface area contributed by atoms with Crippen molar-refractivity contribution in [3.05, 3.63) is 71.3 Å². The fourth-order valence-corrected chi connectivity index (χ4v) is 4.14. The van der Waals surface area contributed by atoms with Gasteiger partial charge in [0.25, 0.3) is 0 Å². The molecule has 2 aromatic carbocycles. The third kappa shape index (κ3) is 3.62. The summed E-state index contributed by atoms with van der Waals surface area (Å²) in [5.41, 5.74) is 2.46. The Hall–Kier alpha value is -3.33. The van der Waals surface area contributed by atoms with Gasteiger partial charge in [0.05, 0.1) is 25.8 Å². The van der Waals surface area contributed by atoms with Gasteiger partial charge in [0.1, 0.15) is 18.6 Å². The zero-order valence-electron chi connectivity index (χ0n) is 18.5. The first-order chi connectivity index (χ1) is 15.5. The van der Waals surface area contributed by atoms with Crippen molar-refractivity contribution in [2.45, 2.75) is 6.92 Å². The molecule has 1 amide bonds. The quantitative estimate of drug-likeness (QED) is 0.398. The Labute approximate surface area is 185 Å². The smallest absolute Gasteiger partial charge is 0.379 e. The lowest BCUT2D eigenvalue weighted by Gasteiger charge is -2.35. The molecule has 0 saturated heterocycles. The number of carbonyl (C=O) groups is 1. The van der Waals surface area contributed by atoms with E-state index in [1.54, 1.807) is 25.1 Å². The van der Waals surface area contributed by atoms with E-state index in [1.807, 2.05) is 54.6 Å². The number of rotatable bonds is 8. The molecule has 0 unspecified atom stereocenters. The summed E-state index contributed by atoms with van der Waals surface area (Å²) in [5.74, 6) is -0.172. The Kier molecular flexibility index (Phi) is 6.18. The van der Waals surface area contributed by atoms with E-state index in [4.69, 9.17) is 14.5 Å². The number of para-hydroxylation sites is 1. The number of hydrogen-bond donors (Lipinski definition) is 0. The first-order valence-electron chi connectivity index (χ1n) is 10.5. The number of carbonyl (C=O) groups excluding carboxylic acids is 1. The molecule has 0 N–H and O–H groups in total. The molecule has 4 rings (SSSR count). The molecule has 0 atom stereocenters. The number of methoxy groups -OCH3 is 2. The van der Waals surface area contributed by atoms with Crippen molar-refractivity contribution in [1.29, 1.82) is 0 Å². The van der Waals surface area contributed by atoms with Gasteiger partial charge in [-0.1, -0.05) is 42.5 Å². The molecule has 0 aliphatic heterocycles. The molecular weight excluding hydrogens is 408 g/mol. The number of benzene rings is 2. The summed E-state index contributed by atoms with van der Waals surface area (Å²) in [5, 5.41) is 0.785. The van der Waals surface area contributed by atoms with E-state index in [0.717, 1.165) is 10.9 Å². The first kappa shape index (κ1) is 21.9. The number of aromatic nitrogens is 3. The highest BCUT2D eigenvalue weighted by Gasteiger charge is 2.39. The Morgan fingerprint density at radius 2 is 1.59 bits per heavy atom. The lowest BCUT2D eigenvalue weighted by Crippen LogP contribution is -2.67. The van der Waals surface area contributed by atoms with E-state index in [1.165, 1.54) is 11.3 Å². The van der Waals surface area contributed by atoms with E-state index in [9.17, 15) is 9.59 Å². The average Bonchev–Trinajstić information content (AvgIpc) is 3.27. The standard InChI is InChI=1S/C24H27N4O4/c1-18(29)28(13-15-31-2,14-16-32-3)27-22-12-8-7-11-20(22)23-25-21(17-26(23)24(27)30)19-9-5-4-6-10-19/h4-12,17H,13-16H2,1-3H3/q+1. The van der Waals surface area contributed by atoms with E-state index < -0.39 is 0 Å².